The Kier molecular flexibility index (Phi) is 6.20. The Bertz CT molecular complexity index is 1330. The maximum absolute atomic E-state index is 12.2. The summed E-state index contributed by atoms with van der Waals surface area (Å²) in [7, 11) is 0. The number of aryl methyl sites for hydroxylation is 1. The van der Waals surface area contributed by atoms with E-state index in [1.165, 1.54) is 46.7 Å². The fraction of sp³-hybridized carbons (Fsp3) is 0.552. The molecule has 4 aliphatic rings. The summed E-state index contributed by atoms with van der Waals surface area (Å²) in [5, 5.41) is 4.65. The van der Waals surface area contributed by atoms with Crippen molar-refractivity contribution in [2.75, 3.05) is 50.8 Å². The predicted octanol–water partition coefficient (Wildman–Crippen LogP) is 3.40. The Morgan fingerprint density at radius 1 is 1.05 bits per heavy atom. The molecule has 1 aromatic carbocycles. The smallest absolute Gasteiger partial charge is 0.219 e. The van der Waals surface area contributed by atoms with Gasteiger partial charge in [0.2, 0.25) is 5.91 Å². The third-order valence-corrected chi connectivity index (χ3v) is 8.57. The molecule has 0 atom stereocenters. The van der Waals surface area contributed by atoms with Gasteiger partial charge in [0.15, 0.2) is 5.82 Å². The van der Waals surface area contributed by atoms with Gasteiger partial charge in [-0.3, -0.25) is 14.4 Å². The first-order valence-electron chi connectivity index (χ1n) is 14.2. The number of imidazole rings is 1. The number of hydrogen-bond acceptors (Lipinski definition) is 6. The number of morpholine rings is 1. The van der Waals surface area contributed by atoms with Crippen LogP contribution in [0.2, 0.25) is 0 Å². The van der Waals surface area contributed by atoms with Gasteiger partial charge in [0.1, 0.15) is 5.82 Å². The number of anilines is 2. The van der Waals surface area contributed by atoms with Crippen molar-refractivity contribution in [2.24, 2.45) is 0 Å². The minimum atomic E-state index is 0.144. The van der Waals surface area contributed by atoms with Crippen LogP contribution in [0.15, 0.2) is 30.6 Å². The van der Waals surface area contributed by atoms with Gasteiger partial charge < -0.3 is 19.1 Å². The number of benzene rings is 1. The predicted molar refractivity (Wildman–Crippen MR) is 146 cm³/mol. The van der Waals surface area contributed by atoms with Crippen LogP contribution in [0.4, 0.5) is 11.5 Å². The standard InChI is InChI=1S/C29H37N7O2/c1-21(37)33-10-12-36-27(20-33)29(31-28(36)22-4-5-22)35-8-2-3-24-17-23(6-7-26(24)35)25-18-30-34(19-25)11-9-32-13-15-38-16-14-32/h6-7,17-19,22H,2-5,8-16,20H2,1H3. The molecule has 0 spiro atoms. The number of ether oxygens (including phenoxy) is 1. The summed E-state index contributed by atoms with van der Waals surface area (Å²) in [6.07, 6.45) is 8.78. The SMILES string of the molecule is CC(=O)N1CCn2c(C3CC3)nc(N3CCCc4cc(-c5cnn(CCN6CCOCC6)c5)ccc43)c2C1. The zero-order valence-corrected chi connectivity index (χ0v) is 22.3. The molecule has 7 rings (SSSR count). The lowest BCUT2D eigenvalue weighted by Gasteiger charge is -2.33. The van der Waals surface area contributed by atoms with E-state index < -0.39 is 0 Å². The highest BCUT2D eigenvalue weighted by Gasteiger charge is 2.36. The topological polar surface area (TPSA) is 71.7 Å². The van der Waals surface area contributed by atoms with Crippen molar-refractivity contribution in [2.45, 2.75) is 58.2 Å². The molecule has 38 heavy (non-hydrogen) atoms. The van der Waals surface area contributed by atoms with Crippen LogP contribution in [0.3, 0.4) is 0 Å². The van der Waals surface area contributed by atoms with Gasteiger partial charge in [-0.1, -0.05) is 6.07 Å². The Hall–Kier alpha value is -3.17. The molecule has 1 amide bonds. The van der Waals surface area contributed by atoms with Gasteiger partial charge in [-0.25, -0.2) is 4.98 Å². The van der Waals surface area contributed by atoms with Crippen molar-refractivity contribution in [3.63, 3.8) is 0 Å². The van der Waals surface area contributed by atoms with Crippen molar-refractivity contribution in [3.05, 3.63) is 47.7 Å². The van der Waals surface area contributed by atoms with E-state index >= 15 is 0 Å². The molecule has 9 nitrogen and oxygen atoms in total. The Labute approximate surface area is 224 Å². The van der Waals surface area contributed by atoms with Gasteiger partial charge in [0.05, 0.1) is 38.2 Å². The quantitative estimate of drug-likeness (QED) is 0.501. The van der Waals surface area contributed by atoms with Gasteiger partial charge in [-0.05, 0) is 48.9 Å². The summed E-state index contributed by atoms with van der Waals surface area (Å²) in [4.78, 5) is 24.3. The van der Waals surface area contributed by atoms with Crippen LogP contribution in [0.25, 0.3) is 11.1 Å². The summed E-state index contributed by atoms with van der Waals surface area (Å²) in [6, 6.07) is 6.84. The van der Waals surface area contributed by atoms with E-state index in [-0.39, 0.29) is 5.91 Å². The Balaban J connectivity index is 1.14. The molecule has 0 radical (unpaired) electrons. The van der Waals surface area contributed by atoms with E-state index in [1.54, 1.807) is 6.92 Å². The van der Waals surface area contributed by atoms with Gasteiger partial charge in [-0.15, -0.1) is 0 Å². The molecule has 0 N–H and O–H groups in total. The van der Waals surface area contributed by atoms with E-state index in [2.05, 4.69) is 48.5 Å². The minimum absolute atomic E-state index is 0.144. The lowest BCUT2D eigenvalue weighted by molar-refractivity contribution is -0.130. The molecular formula is C29H37N7O2. The second kappa shape index (κ2) is 9.85. The highest BCUT2D eigenvalue weighted by molar-refractivity contribution is 5.75. The fourth-order valence-corrected chi connectivity index (χ4v) is 6.22. The van der Waals surface area contributed by atoms with Gasteiger partial charge in [0, 0.05) is 69.6 Å². The highest BCUT2D eigenvalue weighted by Crippen LogP contribution is 2.44. The van der Waals surface area contributed by atoms with E-state index in [0.29, 0.717) is 12.5 Å². The third kappa shape index (κ3) is 4.52. The van der Waals surface area contributed by atoms with Crippen LogP contribution >= 0.6 is 0 Å². The molecule has 200 valence electrons. The third-order valence-electron chi connectivity index (χ3n) is 8.57. The van der Waals surface area contributed by atoms with Gasteiger partial charge in [-0.2, -0.15) is 5.10 Å². The maximum atomic E-state index is 12.2. The van der Waals surface area contributed by atoms with E-state index in [0.717, 1.165) is 77.7 Å². The van der Waals surface area contributed by atoms with Crippen LogP contribution in [-0.4, -0.2) is 81.0 Å². The number of nitrogens with zero attached hydrogens (tertiary/aromatic N) is 7. The molecule has 0 bridgehead atoms. The molecular weight excluding hydrogens is 478 g/mol. The molecule has 5 heterocycles. The molecule has 1 saturated carbocycles. The first kappa shape index (κ1) is 23.9. The summed E-state index contributed by atoms with van der Waals surface area (Å²) in [5.41, 5.74) is 6.20. The molecule has 3 aromatic rings. The van der Waals surface area contributed by atoms with Crippen molar-refractivity contribution in [1.82, 2.24) is 29.1 Å². The normalized spacial score (nSPS) is 19.9. The number of amides is 1. The molecule has 3 aliphatic heterocycles. The minimum Gasteiger partial charge on any atom is -0.379 e. The number of rotatable bonds is 6. The van der Waals surface area contributed by atoms with Crippen molar-refractivity contribution in [1.29, 1.82) is 0 Å². The van der Waals surface area contributed by atoms with Crippen LogP contribution in [0.5, 0.6) is 0 Å². The molecule has 0 unspecified atom stereocenters. The Morgan fingerprint density at radius 2 is 1.92 bits per heavy atom. The van der Waals surface area contributed by atoms with Crippen molar-refractivity contribution in [3.8, 4) is 11.1 Å². The highest BCUT2D eigenvalue weighted by atomic mass is 16.5. The number of aromatic nitrogens is 4. The van der Waals surface area contributed by atoms with Gasteiger partial charge >= 0.3 is 0 Å². The average molecular weight is 516 g/mol. The van der Waals surface area contributed by atoms with Gasteiger partial charge in [0.25, 0.3) is 0 Å². The second-order valence-corrected chi connectivity index (χ2v) is 11.2. The lowest BCUT2D eigenvalue weighted by atomic mass is 9.97. The second-order valence-electron chi connectivity index (χ2n) is 11.2. The van der Waals surface area contributed by atoms with Crippen LogP contribution < -0.4 is 4.90 Å². The number of carbonyl (C=O) groups excluding carboxylic acids is 1. The number of carbonyl (C=O) groups is 1. The van der Waals surface area contributed by atoms with E-state index in [4.69, 9.17) is 9.72 Å². The summed E-state index contributed by atoms with van der Waals surface area (Å²) >= 11 is 0. The van der Waals surface area contributed by atoms with E-state index in [9.17, 15) is 4.79 Å². The summed E-state index contributed by atoms with van der Waals surface area (Å²) in [5.74, 6) is 3.01. The molecule has 2 aromatic heterocycles. The monoisotopic (exact) mass is 515 g/mol. The first-order chi connectivity index (χ1) is 18.6. The van der Waals surface area contributed by atoms with Crippen molar-refractivity contribution < 1.29 is 9.53 Å². The summed E-state index contributed by atoms with van der Waals surface area (Å²) < 4.78 is 9.94. The number of fused-ring (bicyclic) bond motifs is 2. The molecule has 9 heteroatoms. The first-order valence-corrected chi connectivity index (χ1v) is 14.2. The maximum Gasteiger partial charge on any atom is 0.219 e. The number of hydrogen-bond donors (Lipinski definition) is 0. The zero-order chi connectivity index (χ0) is 25.6. The van der Waals surface area contributed by atoms with Crippen LogP contribution in [0, 0.1) is 0 Å². The van der Waals surface area contributed by atoms with Crippen LogP contribution in [0.1, 0.15) is 49.2 Å². The zero-order valence-electron chi connectivity index (χ0n) is 22.3. The lowest BCUT2D eigenvalue weighted by Crippen LogP contribution is -2.38. The van der Waals surface area contributed by atoms with Crippen LogP contribution in [-0.2, 0) is 35.6 Å². The molecule has 2 fully saturated rings. The largest absolute Gasteiger partial charge is 0.379 e. The molecule has 1 aliphatic carbocycles. The Morgan fingerprint density at radius 3 is 2.74 bits per heavy atom. The average Bonchev–Trinajstić information content (AvgIpc) is 3.56. The summed E-state index contributed by atoms with van der Waals surface area (Å²) in [6.45, 7) is 10.5. The molecule has 1 saturated heterocycles. The van der Waals surface area contributed by atoms with E-state index in [1.807, 2.05) is 11.1 Å². The van der Waals surface area contributed by atoms with Crippen molar-refractivity contribution >= 4 is 17.4 Å². The fourth-order valence-electron chi connectivity index (χ4n) is 6.22.